The van der Waals surface area contributed by atoms with Gasteiger partial charge in [0.1, 0.15) is 0 Å². The number of nitrogens with two attached hydrogens (primary N) is 1. The summed E-state index contributed by atoms with van der Waals surface area (Å²) in [5.74, 6) is -0.212. The van der Waals surface area contributed by atoms with Gasteiger partial charge in [0.05, 0.1) is 0 Å². The maximum absolute atomic E-state index is 10.6. The van der Waals surface area contributed by atoms with Crippen molar-refractivity contribution in [2.24, 2.45) is 5.73 Å². The third-order valence-corrected chi connectivity index (χ3v) is 3.39. The predicted octanol–water partition coefficient (Wildman–Crippen LogP) is 2.60. The molecular formula is C13H19IN2O. The number of benzene rings is 1. The highest BCUT2D eigenvalue weighted by Gasteiger charge is 2.03. The Bertz CT molecular complexity index is 351. The lowest BCUT2D eigenvalue weighted by Crippen LogP contribution is -2.20. The Kier molecular flexibility index (Phi) is 6.50. The Morgan fingerprint density at radius 2 is 2.00 bits per heavy atom. The van der Waals surface area contributed by atoms with E-state index in [0.29, 0.717) is 12.5 Å². The molecule has 0 heterocycles. The maximum Gasteiger partial charge on any atom is 0.217 e. The molecule has 0 aliphatic carbocycles. The number of rotatable bonds is 7. The van der Waals surface area contributed by atoms with E-state index in [2.05, 4.69) is 59.1 Å². The predicted molar refractivity (Wildman–Crippen MR) is 78.6 cm³/mol. The first kappa shape index (κ1) is 14.4. The quantitative estimate of drug-likeness (QED) is 0.589. The zero-order valence-electron chi connectivity index (χ0n) is 10.1. The van der Waals surface area contributed by atoms with Crippen molar-refractivity contribution < 1.29 is 4.79 Å². The molecule has 0 radical (unpaired) electrons. The molecule has 3 nitrogen and oxygen atoms in total. The Morgan fingerprint density at radius 3 is 2.59 bits per heavy atom. The van der Waals surface area contributed by atoms with E-state index in [1.165, 1.54) is 9.13 Å². The topological polar surface area (TPSA) is 55.1 Å². The molecule has 17 heavy (non-hydrogen) atoms. The number of carbonyl (C=O) groups is 1. The fraction of sp³-hybridized carbons (Fsp3) is 0.462. The molecule has 0 saturated heterocycles. The molecule has 3 N–H and O–H groups in total. The smallest absolute Gasteiger partial charge is 0.217 e. The van der Waals surface area contributed by atoms with Crippen molar-refractivity contribution in [3.63, 3.8) is 0 Å². The van der Waals surface area contributed by atoms with Gasteiger partial charge in [-0.2, -0.15) is 0 Å². The summed E-state index contributed by atoms with van der Waals surface area (Å²) >= 11 is 2.30. The number of carbonyl (C=O) groups excluding carboxylic acids is 1. The second kappa shape index (κ2) is 7.66. The minimum Gasteiger partial charge on any atom is -0.370 e. The second-order valence-corrected chi connectivity index (χ2v) is 5.40. The molecule has 1 unspecified atom stereocenters. The van der Waals surface area contributed by atoms with Gasteiger partial charge >= 0.3 is 0 Å². The first-order chi connectivity index (χ1) is 8.09. The average molecular weight is 346 g/mol. The monoisotopic (exact) mass is 346 g/mol. The first-order valence-electron chi connectivity index (χ1n) is 5.86. The highest BCUT2D eigenvalue weighted by atomic mass is 127. The zero-order chi connectivity index (χ0) is 12.7. The summed E-state index contributed by atoms with van der Waals surface area (Å²) in [4.78, 5) is 10.6. The minimum absolute atomic E-state index is 0.212. The summed E-state index contributed by atoms with van der Waals surface area (Å²) in [7, 11) is 0. The Hall–Kier alpha value is -0.620. The van der Waals surface area contributed by atoms with E-state index in [-0.39, 0.29) is 5.91 Å². The highest BCUT2D eigenvalue weighted by Crippen LogP contribution is 2.14. The Morgan fingerprint density at radius 1 is 1.35 bits per heavy atom. The molecule has 0 aliphatic rings. The van der Waals surface area contributed by atoms with Crippen molar-refractivity contribution in [2.45, 2.75) is 32.2 Å². The molecule has 1 amide bonds. The third kappa shape index (κ3) is 6.02. The second-order valence-electron chi connectivity index (χ2n) is 4.15. The molecule has 1 aromatic carbocycles. The van der Waals surface area contributed by atoms with Crippen LogP contribution in [0.3, 0.4) is 0 Å². The standard InChI is InChI=1S/C13H19IN2O/c1-10(11-5-7-12(14)8-6-11)16-9-3-2-4-13(15)17/h5-8,10,16H,2-4,9H2,1H3,(H2,15,17). The van der Waals surface area contributed by atoms with Crippen molar-refractivity contribution in [2.75, 3.05) is 6.54 Å². The van der Waals surface area contributed by atoms with E-state index in [4.69, 9.17) is 5.73 Å². The largest absolute Gasteiger partial charge is 0.370 e. The number of halogens is 1. The fourth-order valence-corrected chi connectivity index (χ4v) is 1.97. The summed E-state index contributed by atoms with van der Waals surface area (Å²) < 4.78 is 1.25. The van der Waals surface area contributed by atoms with E-state index in [1.54, 1.807) is 0 Å². The summed E-state index contributed by atoms with van der Waals surface area (Å²) in [6.07, 6.45) is 2.33. The van der Waals surface area contributed by atoms with Gasteiger partial charge in [0.2, 0.25) is 5.91 Å². The van der Waals surface area contributed by atoms with Crippen LogP contribution in [0.1, 0.15) is 37.8 Å². The lowest BCUT2D eigenvalue weighted by atomic mass is 10.1. The maximum atomic E-state index is 10.6. The summed E-state index contributed by atoms with van der Waals surface area (Å²) in [6, 6.07) is 8.86. The number of hydrogen-bond acceptors (Lipinski definition) is 2. The molecule has 0 fully saturated rings. The van der Waals surface area contributed by atoms with Gasteiger partial charge in [-0.25, -0.2) is 0 Å². The lowest BCUT2D eigenvalue weighted by molar-refractivity contribution is -0.118. The normalized spacial score (nSPS) is 12.4. The first-order valence-corrected chi connectivity index (χ1v) is 6.94. The average Bonchev–Trinajstić information content (AvgIpc) is 2.29. The zero-order valence-corrected chi connectivity index (χ0v) is 12.2. The van der Waals surface area contributed by atoms with Crippen LogP contribution in [0.5, 0.6) is 0 Å². The van der Waals surface area contributed by atoms with E-state index in [0.717, 1.165) is 19.4 Å². The van der Waals surface area contributed by atoms with Gasteiger partial charge in [-0.3, -0.25) is 4.79 Å². The SMILES string of the molecule is CC(NCCCCC(N)=O)c1ccc(I)cc1. The van der Waals surface area contributed by atoms with Gasteiger partial charge in [-0.1, -0.05) is 12.1 Å². The third-order valence-electron chi connectivity index (χ3n) is 2.67. The summed E-state index contributed by atoms with van der Waals surface area (Å²) in [6.45, 7) is 3.07. The number of hydrogen-bond donors (Lipinski definition) is 2. The number of primary amides is 1. The number of nitrogens with one attached hydrogen (secondary N) is 1. The van der Waals surface area contributed by atoms with Gasteiger partial charge in [0.15, 0.2) is 0 Å². The van der Waals surface area contributed by atoms with E-state index in [1.807, 2.05) is 0 Å². The molecular weight excluding hydrogens is 327 g/mol. The highest BCUT2D eigenvalue weighted by molar-refractivity contribution is 14.1. The van der Waals surface area contributed by atoms with Gasteiger partial charge in [0.25, 0.3) is 0 Å². The molecule has 0 spiro atoms. The van der Waals surface area contributed by atoms with E-state index < -0.39 is 0 Å². The molecule has 0 aliphatic heterocycles. The van der Waals surface area contributed by atoms with Crippen LogP contribution in [-0.2, 0) is 4.79 Å². The van der Waals surface area contributed by atoms with Gasteiger partial charge in [-0.15, -0.1) is 0 Å². The van der Waals surface area contributed by atoms with Crippen molar-refractivity contribution in [3.05, 3.63) is 33.4 Å². The van der Waals surface area contributed by atoms with Crippen LogP contribution in [0.4, 0.5) is 0 Å². The van der Waals surface area contributed by atoms with Gasteiger partial charge < -0.3 is 11.1 Å². The van der Waals surface area contributed by atoms with Gasteiger partial charge in [-0.05, 0) is 66.6 Å². The van der Waals surface area contributed by atoms with Gasteiger partial charge in [0, 0.05) is 16.0 Å². The molecule has 0 saturated carbocycles. The molecule has 4 heteroatoms. The van der Waals surface area contributed by atoms with E-state index in [9.17, 15) is 4.79 Å². The van der Waals surface area contributed by atoms with Crippen LogP contribution >= 0.6 is 22.6 Å². The van der Waals surface area contributed by atoms with Crippen molar-refractivity contribution in [1.29, 1.82) is 0 Å². The van der Waals surface area contributed by atoms with Crippen molar-refractivity contribution >= 4 is 28.5 Å². The Balaban J connectivity index is 2.23. The molecule has 94 valence electrons. The van der Waals surface area contributed by atoms with Crippen LogP contribution in [-0.4, -0.2) is 12.5 Å². The molecule has 1 atom stereocenters. The lowest BCUT2D eigenvalue weighted by Gasteiger charge is -2.14. The summed E-state index contributed by atoms with van der Waals surface area (Å²) in [5.41, 5.74) is 6.37. The molecule has 1 rings (SSSR count). The molecule has 0 bridgehead atoms. The van der Waals surface area contributed by atoms with Crippen LogP contribution < -0.4 is 11.1 Å². The number of unbranched alkanes of at least 4 members (excludes halogenated alkanes) is 1. The van der Waals surface area contributed by atoms with E-state index >= 15 is 0 Å². The molecule has 0 aromatic heterocycles. The fourth-order valence-electron chi connectivity index (χ4n) is 1.61. The van der Waals surface area contributed by atoms with Crippen molar-refractivity contribution in [1.82, 2.24) is 5.32 Å². The Labute approximate surface area is 116 Å². The van der Waals surface area contributed by atoms with Crippen molar-refractivity contribution in [3.8, 4) is 0 Å². The van der Waals surface area contributed by atoms with Crippen LogP contribution in [0.15, 0.2) is 24.3 Å². The minimum atomic E-state index is -0.212. The van der Waals surface area contributed by atoms with Crippen LogP contribution in [0.25, 0.3) is 0 Å². The number of amides is 1. The van der Waals surface area contributed by atoms with Crippen LogP contribution in [0.2, 0.25) is 0 Å². The molecule has 1 aromatic rings. The summed E-state index contributed by atoms with van der Waals surface area (Å²) in [5, 5.41) is 3.44. The van der Waals surface area contributed by atoms with Crippen LogP contribution in [0, 0.1) is 3.57 Å².